The van der Waals surface area contributed by atoms with Gasteiger partial charge in [-0.1, -0.05) is 0 Å². The van der Waals surface area contributed by atoms with E-state index >= 15 is 0 Å². The Hall–Kier alpha value is -2.17. The number of hydrogen-bond donors (Lipinski definition) is 1. The number of aliphatic carboxylic acids is 1. The largest absolute Gasteiger partial charge is 0.496 e. The Balaban J connectivity index is 3.28. The molecule has 0 atom stereocenters. The third-order valence-corrected chi connectivity index (χ3v) is 3.06. The predicted octanol–water partition coefficient (Wildman–Crippen LogP) is 1.85. The molecule has 0 unspecified atom stereocenters. The fourth-order valence-electron chi connectivity index (χ4n) is 1.96. The number of carboxylic acids is 1. The molecule has 5 nitrogen and oxygen atoms in total. The average molecular weight is 264 g/mol. The first-order chi connectivity index (χ1) is 8.79. The Labute approximate surface area is 111 Å². The van der Waals surface area contributed by atoms with E-state index in [0.29, 0.717) is 16.9 Å². The van der Waals surface area contributed by atoms with Crippen LogP contribution in [-0.2, 0) is 9.59 Å². The number of ether oxygens (including phenoxy) is 1. The number of carboxylic acid groups (broad SMARTS) is 1. The van der Waals surface area contributed by atoms with Crippen molar-refractivity contribution < 1.29 is 24.2 Å². The molecule has 1 aromatic rings. The van der Waals surface area contributed by atoms with Crippen molar-refractivity contribution in [1.29, 1.82) is 0 Å². The number of aryl methyl sites for hydroxylation is 1. The highest BCUT2D eigenvalue weighted by Gasteiger charge is 2.24. The van der Waals surface area contributed by atoms with E-state index in [1.807, 2.05) is 0 Å². The number of ketones is 2. The average Bonchev–Trinajstić information content (AvgIpc) is 2.32. The molecular weight excluding hydrogens is 248 g/mol. The number of carbonyl (C=O) groups excluding carboxylic acids is 2. The molecule has 5 heteroatoms. The minimum Gasteiger partial charge on any atom is -0.496 e. The van der Waals surface area contributed by atoms with Gasteiger partial charge >= 0.3 is 5.97 Å². The zero-order valence-electron chi connectivity index (χ0n) is 11.4. The second-order valence-corrected chi connectivity index (χ2v) is 4.34. The van der Waals surface area contributed by atoms with Crippen molar-refractivity contribution in [2.75, 3.05) is 7.11 Å². The monoisotopic (exact) mass is 264 g/mol. The summed E-state index contributed by atoms with van der Waals surface area (Å²) in [5.41, 5.74) is 2.27. The van der Waals surface area contributed by atoms with Gasteiger partial charge in [-0.3, -0.25) is 14.4 Å². The van der Waals surface area contributed by atoms with Gasteiger partial charge in [0.2, 0.25) is 11.6 Å². The van der Waals surface area contributed by atoms with Crippen molar-refractivity contribution in [2.45, 2.75) is 27.2 Å². The highest BCUT2D eigenvalue weighted by atomic mass is 16.5. The summed E-state index contributed by atoms with van der Waals surface area (Å²) in [4.78, 5) is 34.1. The van der Waals surface area contributed by atoms with Crippen molar-refractivity contribution >= 4 is 17.5 Å². The molecule has 0 saturated heterocycles. The molecule has 0 aliphatic carbocycles. The van der Waals surface area contributed by atoms with Crippen LogP contribution in [0, 0.1) is 20.8 Å². The van der Waals surface area contributed by atoms with Gasteiger partial charge in [-0.15, -0.1) is 0 Å². The fraction of sp³-hybridized carbons (Fsp3) is 0.357. The van der Waals surface area contributed by atoms with Crippen molar-refractivity contribution in [3.63, 3.8) is 0 Å². The molecule has 102 valence electrons. The Morgan fingerprint density at radius 1 is 1.16 bits per heavy atom. The van der Waals surface area contributed by atoms with Gasteiger partial charge in [-0.25, -0.2) is 0 Å². The standard InChI is InChI=1S/C14H16O5/c1-7-5-11(19-4)8(2)9(3)13(7)14(18)10(15)6-12(16)17/h5H,6H2,1-4H3,(H,16,17). The number of methoxy groups -OCH3 is 1. The lowest BCUT2D eigenvalue weighted by Crippen LogP contribution is -2.20. The Morgan fingerprint density at radius 3 is 2.21 bits per heavy atom. The van der Waals surface area contributed by atoms with Crippen molar-refractivity contribution in [1.82, 2.24) is 0 Å². The molecule has 0 spiro atoms. The first kappa shape index (κ1) is 14.9. The van der Waals surface area contributed by atoms with Gasteiger partial charge in [0.1, 0.15) is 12.2 Å². The third kappa shape index (κ3) is 2.99. The molecule has 0 radical (unpaired) electrons. The molecule has 0 aliphatic rings. The topological polar surface area (TPSA) is 80.7 Å². The Kier molecular flexibility index (Phi) is 4.43. The summed E-state index contributed by atoms with van der Waals surface area (Å²) >= 11 is 0. The molecule has 1 aromatic carbocycles. The zero-order chi connectivity index (χ0) is 14.7. The summed E-state index contributed by atoms with van der Waals surface area (Å²) < 4.78 is 5.18. The van der Waals surface area contributed by atoms with E-state index in [1.165, 1.54) is 7.11 Å². The molecule has 0 saturated carbocycles. The highest BCUT2D eigenvalue weighted by molar-refractivity contribution is 6.46. The van der Waals surface area contributed by atoms with Gasteiger partial charge in [0.05, 0.1) is 7.11 Å². The number of hydrogen-bond acceptors (Lipinski definition) is 4. The molecule has 0 aromatic heterocycles. The van der Waals surface area contributed by atoms with Crippen LogP contribution in [0.4, 0.5) is 0 Å². The molecular formula is C14H16O5. The summed E-state index contributed by atoms with van der Waals surface area (Å²) in [7, 11) is 1.53. The molecule has 0 fully saturated rings. The summed E-state index contributed by atoms with van der Waals surface area (Å²) in [6, 6.07) is 1.67. The first-order valence-electron chi connectivity index (χ1n) is 5.73. The van der Waals surface area contributed by atoms with E-state index < -0.39 is 24.0 Å². The number of carbonyl (C=O) groups is 3. The quantitative estimate of drug-likeness (QED) is 0.498. The van der Waals surface area contributed by atoms with Crippen LogP contribution in [0.25, 0.3) is 0 Å². The number of Topliss-reactive ketones (excluding diaryl/α,β-unsaturated/α-hetero) is 2. The molecule has 0 aliphatic heterocycles. The minimum absolute atomic E-state index is 0.268. The lowest BCUT2D eigenvalue weighted by molar-refractivity contribution is -0.139. The van der Waals surface area contributed by atoms with E-state index in [-0.39, 0.29) is 5.56 Å². The van der Waals surface area contributed by atoms with E-state index in [1.54, 1.807) is 26.8 Å². The van der Waals surface area contributed by atoms with Crippen LogP contribution >= 0.6 is 0 Å². The van der Waals surface area contributed by atoms with Gasteiger partial charge in [0.25, 0.3) is 0 Å². The number of benzene rings is 1. The second-order valence-electron chi connectivity index (χ2n) is 4.34. The smallest absolute Gasteiger partial charge is 0.311 e. The maximum absolute atomic E-state index is 12.0. The molecule has 0 amide bonds. The summed E-state index contributed by atoms with van der Waals surface area (Å²) in [6.07, 6.45) is -0.789. The highest BCUT2D eigenvalue weighted by Crippen LogP contribution is 2.28. The molecule has 0 bridgehead atoms. The van der Waals surface area contributed by atoms with Crippen LogP contribution in [0.15, 0.2) is 6.07 Å². The SMILES string of the molecule is COc1cc(C)c(C(=O)C(=O)CC(=O)O)c(C)c1C. The second kappa shape index (κ2) is 5.65. The third-order valence-electron chi connectivity index (χ3n) is 3.06. The summed E-state index contributed by atoms with van der Waals surface area (Å²) in [5, 5.41) is 8.56. The zero-order valence-corrected chi connectivity index (χ0v) is 11.4. The lowest BCUT2D eigenvalue weighted by Gasteiger charge is -2.14. The van der Waals surface area contributed by atoms with Gasteiger partial charge < -0.3 is 9.84 Å². The van der Waals surface area contributed by atoms with E-state index in [9.17, 15) is 14.4 Å². The lowest BCUT2D eigenvalue weighted by atomic mass is 9.92. The van der Waals surface area contributed by atoms with Gasteiger partial charge in [0.15, 0.2) is 0 Å². The predicted molar refractivity (Wildman–Crippen MR) is 68.8 cm³/mol. The Morgan fingerprint density at radius 2 is 1.74 bits per heavy atom. The van der Waals surface area contributed by atoms with Gasteiger partial charge in [-0.2, -0.15) is 0 Å². The van der Waals surface area contributed by atoms with E-state index in [2.05, 4.69) is 0 Å². The van der Waals surface area contributed by atoms with Crippen LogP contribution in [0.2, 0.25) is 0 Å². The van der Waals surface area contributed by atoms with E-state index in [0.717, 1.165) is 5.56 Å². The van der Waals surface area contributed by atoms with Crippen LogP contribution in [0.3, 0.4) is 0 Å². The van der Waals surface area contributed by atoms with Crippen LogP contribution in [-0.4, -0.2) is 29.8 Å². The van der Waals surface area contributed by atoms with Crippen LogP contribution < -0.4 is 4.74 Å². The first-order valence-corrected chi connectivity index (χ1v) is 5.73. The molecule has 1 rings (SSSR count). The van der Waals surface area contributed by atoms with Gasteiger partial charge in [-0.05, 0) is 43.5 Å². The van der Waals surface area contributed by atoms with Crippen molar-refractivity contribution in [3.8, 4) is 5.75 Å². The van der Waals surface area contributed by atoms with Crippen molar-refractivity contribution in [2.24, 2.45) is 0 Å². The maximum atomic E-state index is 12.0. The maximum Gasteiger partial charge on any atom is 0.311 e. The fourth-order valence-corrected chi connectivity index (χ4v) is 1.96. The summed E-state index contributed by atoms with van der Waals surface area (Å²) in [6.45, 7) is 5.19. The summed E-state index contributed by atoms with van der Waals surface area (Å²) in [5.74, 6) is -2.34. The van der Waals surface area contributed by atoms with Crippen LogP contribution in [0.5, 0.6) is 5.75 Å². The van der Waals surface area contributed by atoms with Crippen LogP contribution in [0.1, 0.15) is 33.5 Å². The Bertz CT molecular complexity index is 557. The van der Waals surface area contributed by atoms with E-state index in [4.69, 9.17) is 9.84 Å². The molecule has 0 heterocycles. The molecule has 19 heavy (non-hydrogen) atoms. The minimum atomic E-state index is -1.31. The normalized spacial score (nSPS) is 10.1. The molecule has 1 N–H and O–H groups in total. The number of rotatable bonds is 5. The van der Waals surface area contributed by atoms with Crippen molar-refractivity contribution in [3.05, 3.63) is 28.3 Å². The van der Waals surface area contributed by atoms with Gasteiger partial charge in [0, 0.05) is 5.56 Å².